The molecule has 0 radical (unpaired) electrons. The number of nitrogens with two attached hydrogens (primary N) is 1. The van der Waals surface area contributed by atoms with Crippen LogP contribution in [-0.4, -0.2) is 30.4 Å². The highest BCUT2D eigenvalue weighted by Gasteiger charge is 2.32. The van der Waals surface area contributed by atoms with Crippen LogP contribution in [0, 0.1) is 0 Å². The summed E-state index contributed by atoms with van der Waals surface area (Å²) in [6, 6.07) is 7.27. The third-order valence-corrected chi connectivity index (χ3v) is 3.57. The summed E-state index contributed by atoms with van der Waals surface area (Å²) in [4.78, 5) is 26.0. The molecule has 2 amide bonds. The number of nitrogens with zero attached hydrogens (tertiary/aromatic N) is 1. The molecule has 5 heteroatoms. The Morgan fingerprint density at radius 2 is 2.05 bits per heavy atom. The second-order valence-electron chi connectivity index (χ2n) is 5.81. The van der Waals surface area contributed by atoms with Crippen molar-refractivity contribution >= 4 is 17.5 Å². The average Bonchev–Trinajstić information content (AvgIpc) is 2.50. The van der Waals surface area contributed by atoms with Crippen LogP contribution in [-0.2, 0) is 16.0 Å². The molecule has 1 aromatic carbocycles. The smallest absolute Gasteiger partial charge is 0.249 e. The van der Waals surface area contributed by atoms with Crippen LogP contribution in [0.4, 0.5) is 5.69 Å². The van der Waals surface area contributed by atoms with Gasteiger partial charge in [0.1, 0.15) is 6.04 Å². The first-order valence-corrected chi connectivity index (χ1v) is 6.76. The SMILES string of the molecule is CN1C(=O)C(NC(=O)C(C)(C)N)CCc2ccccc21. The van der Waals surface area contributed by atoms with Gasteiger partial charge in [0.15, 0.2) is 0 Å². The zero-order chi connectivity index (χ0) is 14.9. The molecule has 0 bridgehead atoms. The van der Waals surface area contributed by atoms with Crippen molar-refractivity contribution in [2.75, 3.05) is 11.9 Å². The predicted molar refractivity (Wildman–Crippen MR) is 78.4 cm³/mol. The summed E-state index contributed by atoms with van der Waals surface area (Å²) >= 11 is 0. The molecule has 1 atom stereocenters. The summed E-state index contributed by atoms with van der Waals surface area (Å²) in [6.45, 7) is 3.25. The van der Waals surface area contributed by atoms with Crippen molar-refractivity contribution in [3.05, 3.63) is 29.8 Å². The number of rotatable bonds is 2. The van der Waals surface area contributed by atoms with E-state index < -0.39 is 11.6 Å². The Kier molecular flexibility index (Phi) is 3.81. The standard InChI is InChI=1S/C15H21N3O2/c1-15(2,16)14(20)17-11-9-8-10-6-4-5-7-12(10)18(3)13(11)19/h4-7,11H,8-9,16H2,1-3H3,(H,17,20). The van der Waals surface area contributed by atoms with Crippen molar-refractivity contribution < 1.29 is 9.59 Å². The van der Waals surface area contributed by atoms with E-state index in [1.807, 2.05) is 24.3 Å². The Hall–Kier alpha value is -1.88. The minimum atomic E-state index is -0.988. The first-order chi connectivity index (χ1) is 9.30. The Bertz CT molecular complexity index is 534. The summed E-state index contributed by atoms with van der Waals surface area (Å²) in [6.07, 6.45) is 1.34. The Morgan fingerprint density at radius 3 is 2.70 bits per heavy atom. The van der Waals surface area contributed by atoms with E-state index in [-0.39, 0.29) is 11.8 Å². The maximum Gasteiger partial charge on any atom is 0.249 e. The Morgan fingerprint density at radius 1 is 1.40 bits per heavy atom. The molecule has 5 nitrogen and oxygen atoms in total. The van der Waals surface area contributed by atoms with E-state index in [1.54, 1.807) is 25.8 Å². The largest absolute Gasteiger partial charge is 0.343 e. The number of carbonyl (C=O) groups is 2. The van der Waals surface area contributed by atoms with E-state index in [4.69, 9.17) is 5.73 Å². The normalized spacial score (nSPS) is 19.3. The van der Waals surface area contributed by atoms with E-state index in [9.17, 15) is 9.59 Å². The van der Waals surface area contributed by atoms with Gasteiger partial charge in [-0.1, -0.05) is 18.2 Å². The van der Waals surface area contributed by atoms with Crippen LogP contribution in [0.1, 0.15) is 25.8 Å². The van der Waals surface area contributed by atoms with Gasteiger partial charge in [0.05, 0.1) is 5.54 Å². The van der Waals surface area contributed by atoms with Gasteiger partial charge in [0, 0.05) is 12.7 Å². The fourth-order valence-corrected chi connectivity index (χ4v) is 2.30. The summed E-state index contributed by atoms with van der Waals surface area (Å²) in [7, 11) is 1.74. The molecule has 3 N–H and O–H groups in total. The van der Waals surface area contributed by atoms with Gasteiger partial charge in [-0.2, -0.15) is 0 Å². The zero-order valence-corrected chi connectivity index (χ0v) is 12.1. The third-order valence-electron chi connectivity index (χ3n) is 3.57. The van der Waals surface area contributed by atoms with Crippen molar-refractivity contribution in [1.29, 1.82) is 0 Å². The summed E-state index contributed by atoms with van der Waals surface area (Å²) in [5, 5.41) is 2.76. The van der Waals surface area contributed by atoms with Gasteiger partial charge in [0.25, 0.3) is 0 Å². The van der Waals surface area contributed by atoms with Crippen LogP contribution in [0.15, 0.2) is 24.3 Å². The fraction of sp³-hybridized carbons (Fsp3) is 0.467. The summed E-state index contributed by atoms with van der Waals surface area (Å²) < 4.78 is 0. The van der Waals surface area contributed by atoms with Gasteiger partial charge < -0.3 is 16.0 Å². The van der Waals surface area contributed by atoms with Gasteiger partial charge in [-0.25, -0.2) is 0 Å². The zero-order valence-electron chi connectivity index (χ0n) is 12.1. The van der Waals surface area contributed by atoms with Gasteiger partial charge in [-0.15, -0.1) is 0 Å². The molecule has 0 aliphatic carbocycles. The first kappa shape index (κ1) is 14.5. The van der Waals surface area contributed by atoms with Crippen LogP contribution >= 0.6 is 0 Å². The number of carbonyl (C=O) groups excluding carboxylic acids is 2. The van der Waals surface area contributed by atoms with E-state index in [0.29, 0.717) is 6.42 Å². The number of nitrogens with one attached hydrogen (secondary N) is 1. The molecule has 2 rings (SSSR count). The number of hydrogen-bond acceptors (Lipinski definition) is 3. The number of likely N-dealkylation sites (N-methyl/N-ethyl adjacent to an activating group) is 1. The number of aryl methyl sites for hydroxylation is 1. The predicted octanol–water partition coefficient (Wildman–Crippen LogP) is 0.818. The second-order valence-corrected chi connectivity index (χ2v) is 5.81. The van der Waals surface area contributed by atoms with Gasteiger partial charge >= 0.3 is 0 Å². The van der Waals surface area contributed by atoms with Gasteiger partial charge in [0.2, 0.25) is 11.8 Å². The second kappa shape index (κ2) is 5.25. The van der Waals surface area contributed by atoms with Crippen molar-refractivity contribution in [2.24, 2.45) is 5.73 Å². The Labute approximate surface area is 119 Å². The van der Waals surface area contributed by atoms with Crippen LogP contribution in [0.5, 0.6) is 0 Å². The maximum absolute atomic E-state index is 12.4. The molecule has 108 valence electrons. The fourth-order valence-electron chi connectivity index (χ4n) is 2.30. The lowest BCUT2D eigenvalue weighted by molar-refractivity contribution is -0.130. The lowest BCUT2D eigenvalue weighted by Crippen LogP contribution is -2.55. The lowest BCUT2D eigenvalue weighted by atomic mass is 10.0. The quantitative estimate of drug-likeness (QED) is 0.839. The highest BCUT2D eigenvalue weighted by molar-refractivity contribution is 6.00. The molecular formula is C15H21N3O2. The molecular weight excluding hydrogens is 254 g/mol. The van der Waals surface area contributed by atoms with Gasteiger partial charge in [-0.05, 0) is 38.3 Å². The number of fused-ring (bicyclic) bond motifs is 1. The average molecular weight is 275 g/mol. The molecule has 0 fully saturated rings. The van der Waals surface area contributed by atoms with Crippen molar-refractivity contribution in [3.63, 3.8) is 0 Å². The molecule has 0 spiro atoms. The monoisotopic (exact) mass is 275 g/mol. The number of amides is 2. The molecule has 1 unspecified atom stereocenters. The van der Waals surface area contributed by atoms with Crippen LogP contribution in [0.25, 0.3) is 0 Å². The molecule has 1 heterocycles. The highest BCUT2D eigenvalue weighted by Crippen LogP contribution is 2.25. The number of anilines is 1. The van der Waals surface area contributed by atoms with Crippen molar-refractivity contribution in [3.8, 4) is 0 Å². The molecule has 0 saturated carbocycles. The maximum atomic E-state index is 12.4. The number of hydrogen-bond donors (Lipinski definition) is 2. The van der Waals surface area contributed by atoms with E-state index >= 15 is 0 Å². The van der Waals surface area contributed by atoms with E-state index in [0.717, 1.165) is 17.7 Å². The number of benzene rings is 1. The van der Waals surface area contributed by atoms with Crippen LogP contribution in [0.3, 0.4) is 0 Å². The topological polar surface area (TPSA) is 75.4 Å². The minimum Gasteiger partial charge on any atom is -0.343 e. The third kappa shape index (κ3) is 2.82. The molecule has 1 aromatic rings. The lowest BCUT2D eigenvalue weighted by Gasteiger charge is -2.25. The van der Waals surface area contributed by atoms with Crippen molar-refractivity contribution in [2.45, 2.75) is 38.3 Å². The molecule has 0 saturated heterocycles. The summed E-state index contributed by atoms with van der Waals surface area (Å²) in [5.74, 6) is -0.414. The van der Waals surface area contributed by atoms with E-state index in [2.05, 4.69) is 5.32 Å². The Balaban J connectivity index is 2.20. The van der Waals surface area contributed by atoms with Gasteiger partial charge in [-0.3, -0.25) is 9.59 Å². The summed E-state index contributed by atoms with van der Waals surface area (Å²) in [5.41, 5.74) is 6.80. The highest BCUT2D eigenvalue weighted by atomic mass is 16.2. The molecule has 1 aliphatic heterocycles. The van der Waals surface area contributed by atoms with Crippen LogP contribution < -0.4 is 16.0 Å². The molecule has 20 heavy (non-hydrogen) atoms. The minimum absolute atomic E-state index is 0.104. The van der Waals surface area contributed by atoms with Crippen molar-refractivity contribution in [1.82, 2.24) is 5.32 Å². The first-order valence-electron chi connectivity index (χ1n) is 6.76. The number of para-hydroxylation sites is 1. The molecule has 0 aromatic heterocycles. The molecule has 1 aliphatic rings. The van der Waals surface area contributed by atoms with Crippen LogP contribution in [0.2, 0.25) is 0 Å². The van der Waals surface area contributed by atoms with E-state index in [1.165, 1.54) is 0 Å².